The van der Waals surface area contributed by atoms with E-state index in [2.05, 4.69) is 14.1 Å². The molecule has 0 radical (unpaired) electrons. The summed E-state index contributed by atoms with van der Waals surface area (Å²) in [5.74, 6) is -0.135. The minimum absolute atomic E-state index is 0.0868. The Hall–Kier alpha value is -2.04. The fourth-order valence-electron chi connectivity index (χ4n) is 2.00. The first-order valence-corrected chi connectivity index (χ1v) is 8.77. The zero-order chi connectivity index (χ0) is 16.4. The molecule has 1 aromatic carbocycles. The standard InChI is InChI=1S/C13H12FN3O4S2/c1-20-6-5-11-15-13(22-16-11)17-23(18,19)10-3-2-9(14)12-8(10)4-7-21-12/h2-4,7H,5-6H2,1H3,(H,15,16,17). The van der Waals surface area contributed by atoms with Crippen molar-refractivity contribution in [3.8, 4) is 0 Å². The van der Waals surface area contributed by atoms with E-state index in [9.17, 15) is 12.8 Å². The topological polar surface area (TPSA) is 94.3 Å². The molecule has 3 aromatic rings. The van der Waals surface area contributed by atoms with Crippen molar-refractivity contribution in [1.82, 2.24) is 9.36 Å². The molecule has 0 aliphatic heterocycles. The smallest absolute Gasteiger partial charge is 0.264 e. The van der Waals surface area contributed by atoms with E-state index in [1.54, 1.807) is 7.11 Å². The number of furan rings is 1. The number of rotatable bonds is 6. The second kappa shape index (κ2) is 6.22. The molecule has 2 heterocycles. The minimum Gasteiger partial charge on any atom is -0.461 e. The van der Waals surface area contributed by atoms with E-state index in [4.69, 9.17) is 9.15 Å². The number of halogens is 1. The molecule has 0 unspecified atom stereocenters. The predicted molar refractivity (Wildman–Crippen MR) is 82.5 cm³/mol. The van der Waals surface area contributed by atoms with Crippen molar-refractivity contribution in [3.05, 3.63) is 36.1 Å². The lowest BCUT2D eigenvalue weighted by Crippen LogP contribution is -2.13. The number of hydrogen-bond donors (Lipinski definition) is 1. The summed E-state index contributed by atoms with van der Waals surface area (Å²) < 4.78 is 54.8. The molecule has 0 spiro atoms. The van der Waals surface area contributed by atoms with Crippen molar-refractivity contribution in [2.75, 3.05) is 18.4 Å². The molecule has 7 nitrogen and oxygen atoms in total. The summed E-state index contributed by atoms with van der Waals surface area (Å²) in [5, 5.41) is 0.304. The highest BCUT2D eigenvalue weighted by atomic mass is 32.2. The monoisotopic (exact) mass is 357 g/mol. The van der Waals surface area contributed by atoms with Crippen molar-refractivity contribution in [2.45, 2.75) is 11.3 Å². The van der Waals surface area contributed by atoms with Gasteiger partial charge in [0.2, 0.25) is 5.13 Å². The van der Waals surface area contributed by atoms with E-state index in [1.165, 1.54) is 18.4 Å². The molecule has 0 amide bonds. The number of fused-ring (bicyclic) bond motifs is 1. The molecule has 1 N–H and O–H groups in total. The van der Waals surface area contributed by atoms with Crippen LogP contribution < -0.4 is 4.72 Å². The fourth-order valence-corrected chi connectivity index (χ4v) is 4.03. The number of benzene rings is 1. The Bertz CT molecular complexity index is 936. The number of aromatic nitrogens is 2. The van der Waals surface area contributed by atoms with E-state index in [-0.39, 0.29) is 21.0 Å². The molecule has 23 heavy (non-hydrogen) atoms. The van der Waals surface area contributed by atoms with Gasteiger partial charge in [-0.3, -0.25) is 4.72 Å². The maximum atomic E-state index is 13.6. The van der Waals surface area contributed by atoms with Crippen LogP contribution in [-0.2, 0) is 21.2 Å². The van der Waals surface area contributed by atoms with Crippen LogP contribution in [0.2, 0.25) is 0 Å². The van der Waals surface area contributed by atoms with Crippen molar-refractivity contribution in [1.29, 1.82) is 0 Å². The van der Waals surface area contributed by atoms with Crippen LogP contribution in [0, 0.1) is 5.82 Å². The van der Waals surface area contributed by atoms with Gasteiger partial charge < -0.3 is 9.15 Å². The number of nitrogens with zero attached hydrogens (tertiary/aromatic N) is 2. The van der Waals surface area contributed by atoms with Gasteiger partial charge in [0.25, 0.3) is 10.0 Å². The summed E-state index contributed by atoms with van der Waals surface area (Å²) in [6.07, 6.45) is 1.72. The largest absolute Gasteiger partial charge is 0.461 e. The lowest BCUT2D eigenvalue weighted by atomic mass is 10.2. The minimum atomic E-state index is -3.93. The number of hydrogen-bond acceptors (Lipinski definition) is 7. The third kappa shape index (κ3) is 3.19. The summed E-state index contributed by atoms with van der Waals surface area (Å²) in [6.45, 7) is 0.441. The van der Waals surface area contributed by atoms with E-state index >= 15 is 0 Å². The van der Waals surface area contributed by atoms with E-state index in [0.29, 0.717) is 18.9 Å². The van der Waals surface area contributed by atoms with Crippen molar-refractivity contribution in [2.24, 2.45) is 0 Å². The van der Waals surface area contributed by atoms with Crippen LogP contribution in [0.15, 0.2) is 33.8 Å². The highest BCUT2D eigenvalue weighted by Crippen LogP contribution is 2.28. The van der Waals surface area contributed by atoms with E-state index in [0.717, 1.165) is 17.6 Å². The first kappa shape index (κ1) is 15.8. The molecular formula is C13H12FN3O4S2. The SMILES string of the molecule is COCCc1nsc(NS(=O)(=O)c2ccc(F)c3occc23)n1. The molecular weight excluding hydrogens is 345 g/mol. The average Bonchev–Trinajstić information content (AvgIpc) is 3.14. The number of anilines is 1. The first-order valence-electron chi connectivity index (χ1n) is 6.51. The summed E-state index contributed by atoms with van der Waals surface area (Å²) in [4.78, 5) is 4.00. The summed E-state index contributed by atoms with van der Waals surface area (Å²) in [7, 11) is -2.38. The van der Waals surface area contributed by atoms with Gasteiger partial charge in [0, 0.05) is 30.4 Å². The van der Waals surface area contributed by atoms with Gasteiger partial charge in [-0.05, 0) is 18.2 Å². The van der Waals surface area contributed by atoms with Gasteiger partial charge in [-0.15, -0.1) is 0 Å². The maximum absolute atomic E-state index is 13.6. The molecule has 0 aliphatic carbocycles. The van der Waals surface area contributed by atoms with Gasteiger partial charge >= 0.3 is 0 Å². The summed E-state index contributed by atoms with van der Waals surface area (Å²) in [5.41, 5.74) is -0.106. The second-order valence-electron chi connectivity index (χ2n) is 4.57. The molecule has 0 saturated heterocycles. The molecule has 10 heteroatoms. The second-order valence-corrected chi connectivity index (χ2v) is 6.98. The Morgan fingerprint density at radius 2 is 2.22 bits per heavy atom. The van der Waals surface area contributed by atoms with E-state index < -0.39 is 15.8 Å². The molecule has 0 atom stereocenters. The zero-order valence-electron chi connectivity index (χ0n) is 11.9. The lowest BCUT2D eigenvalue weighted by Gasteiger charge is -2.06. The molecule has 2 aromatic heterocycles. The Kier molecular flexibility index (Phi) is 4.28. The number of methoxy groups -OCH3 is 1. The van der Waals surface area contributed by atoms with Crippen LogP contribution >= 0.6 is 11.5 Å². The van der Waals surface area contributed by atoms with Crippen LogP contribution in [0.1, 0.15) is 5.82 Å². The Morgan fingerprint density at radius 3 is 3.00 bits per heavy atom. The van der Waals surface area contributed by atoms with Gasteiger partial charge in [0.05, 0.1) is 17.8 Å². The molecule has 3 rings (SSSR count). The molecule has 0 fully saturated rings. The molecule has 122 valence electrons. The maximum Gasteiger partial charge on any atom is 0.264 e. The zero-order valence-corrected chi connectivity index (χ0v) is 13.6. The van der Waals surface area contributed by atoms with Gasteiger partial charge in [0.15, 0.2) is 11.4 Å². The van der Waals surface area contributed by atoms with Gasteiger partial charge in [0.1, 0.15) is 5.82 Å². The van der Waals surface area contributed by atoms with Crippen molar-refractivity contribution in [3.63, 3.8) is 0 Å². The number of ether oxygens (including phenoxy) is 1. The number of sulfonamides is 1. The van der Waals surface area contributed by atoms with Gasteiger partial charge in [-0.2, -0.15) is 4.37 Å². The van der Waals surface area contributed by atoms with Crippen LogP contribution in [0.4, 0.5) is 9.52 Å². The fraction of sp³-hybridized carbons (Fsp3) is 0.231. The van der Waals surface area contributed by atoms with Crippen molar-refractivity contribution < 1.29 is 22.0 Å². The van der Waals surface area contributed by atoms with Gasteiger partial charge in [-0.25, -0.2) is 17.8 Å². The first-order chi connectivity index (χ1) is 11.0. The molecule has 0 bridgehead atoms. The number of nitrogens with one attached hydrogen (secondary N) is 1. The predicted octanol–water partition coefficient (Wildman–Crippen LogP) is 2.41. The van der Waals surface area contributed by atoms with Gasteiger partial charge in [-0.1, -0.05) is 0 Å². The lowest BCUT2D eigenvalue weighted by molar-refractivity contribution is 0.201. The highest BCUT2D eigenvalue weighted by molar-refractivity contribution is 7.93. The Balaban J connectivity index is 1.90. The van der Waals surface area contributed by atoms with Crippen LogP contribution in [0.3, 0.4) is 0 Å². The Labute approximate surface area is 135 Å². The normalized spacial score (nSPS) is 11.9. The average molecular weight is 357 g/mol. The van der Waals surface area contributed by atoms with Crippen LogP contribution in [-0.4, -0.2) is 31.5 Å². The highest BCUT2D eigenvalue weighted by Gasteiger charge is 2.22. The van der Waals surface area contributed by atoms with Crippen molar-refractivity contribution >= 4 is 37.7 Å². The summed E-state index contributed by atoms with van der Waals surface area (Å²) >= 11 is 0.928. The quantitative estimate of drug-likeness (QED) is 0.728. The molecule has 0 aliphatic rings. The van der Waals surface area contributed by atoms with Crippen LogP contribution in [0.5, 0.6) is 0 Å². The summed E-state index contributed by atoms with van der Waals surface area (Å²) in [6, 6.07) is 3.63. The molecule has 0 saturated carbocycles. The van der Waals surface area contributed by atoms with Crippen LogP contribution in [0.25, 0.3) is 11.0 Å². The van der Waals surface area contributed by atoms with E-state index in [1.807, 2.05) is 0 Å². The Morgan fingerprint density at radius 1 is 1.39 bits per heavy atom. The third-order valence-electron chi connectivity index (χ3n) is 3.04. The third-order valence-corrected chi connectivity index (χ3v) is 5.23.